The molecule has 0 aromatic carbocycles. The molecule has 2 N–H and O–H groups in total. The molecule has 0 aliphatic carbocycles. The fourth-order valence-corrected chi connectivity index (χ4v) is 1.46. The van der Waals surface area contributed by atoms with E-state index in [-0.39, 0.29) is 12.0 Å². The van der Waals surface area contributed by atoms with Crippen molar-refractivity contribution in [3.05, 3.63) is 11.9 Å². The van der Waals surface area contributed by atoms with Crippen LogP contribution >= 0.6 is 0 Å². The zero-order chi connectivity index (χ0) is 9.42. The van der Waals surface area contributed by atoms with Crippen LogP contribution in [0.2, 0.25) is 0 Å². The van der Waals surface area contributed by atoms with Gasteiger partial charge in [-0.3, -0.25) is 4.68 Å². The highest BCUT2D eigenvalue weighted by atomic mass is 16.5. The molecule has 1 atom stereocenters. The van der Waals surface area contributed by atoms with Crippen molar-refractivity contribution in [3.63, 3.8) is 0 Å². The van der Waals surface area contributed by atoms with Gasteiger partial charge in [0.1, 0.15) is 0 Å². The molecule has 0 radical (unpaired) electrons. The number of ether oxygens (including phenoxy) is 1. The Morgan fingerprint density at radius 1 is 1.77 bits per heavy atom. The molecule has 70 valence electrons. The predicted molar refractivity (Wildman–Crippen MR) is 46.0 cm³/mol. The largest absolute Gasteiger partial charge is 0.464 e. The number of hydrogen-bond donors (Lipinski definition) is 1. The van der Waals surface area contributed by atoms with Crippen LogP contribution in [-0.4, -0.2) is 22.4 Å². The van der Waals surface area contributed by atoms with E-state index in [1.807, 2.05) is 6.92 Å². The topological polar surface area (TPSA) is 70.1 Å². The zero-order valence-corrected chi connectivity index (χ0v) is 7.36. The van der Waals surface area contributed by atoms with Crippen LogP contribution in [0.3, 0.4) is 0 Å². The number of carbonyl (C=O) groups excluding carboxylic acids is 1. The highest BCUT2D eigenvalue weighted by Gasteiger charge is 2.30. The number of nitrogens with zero attached hydrogens (tertiary/aromatic N) is 2. The van der Waals surface area contributed by atoms with Crippen LogP contribution in [0.25, 0.3) is 0 Å². The second-order valence-electron chi connectivity index (χ2n) is 3.10. The average molecular weight is 181 g/mol. The normalized spacial score (nSPS) is 21.9. The summed E-state index contributed by atoms with van der Waals surface area (Å²) in [6.07, 6.45) is 2.24. The van der Waals surface area contributed by atoms with E-state index in [0.717, 1.165) is 5.69 Å². The van der Waals surface area contributed by atoms with Crippen molar-refractivity contribution in [3.8, 4) is 0 Å². The van der Waals surface area contributed by atoms with Crippen LogP contribution < -0.4 is 5.73 Å². The van der Waals surface area contributed by atoms with Crippen molar-refractivity contribution in [1.29, 1.82) is 0 Å². The molecule has 1 aliphatic rings. The fourth-order valence-electron chi connectivity index (χ4n) is 1.46. The smallest absolute Gasteiger partial charge is 0.331 e. The summed E-state index contributed by atoms with van der Waals surface area (Å²) in [5.41, 5.74) is 7.05. The number of cyclic esters (lactones) is 1. The number of anilines is 1. The predicted octanol–water partition coefficient (Wildman–Crippen LogP) is 0.262. The van der Waals surface area contributed by atoms with Gasteiger partial charge in [-0.15, -0.1) is 0 Å². The number of nitrogen functional groups attached to an aromatic ring is 1. The van der Waals surface area contributed by atoms with Gasteiger partial charge in [-0.2, -0.15) is 5.10 Å². The third kappa shape index (κ3) is 1.16. The van der Waals surface area contributed by atoms with Crippen molar-refractivity contribution in [1.82, 2.24) is 9.78 Å². The van der Waals surface area contributed by atoms with Crippen molar-refractivity contribution >= 4 is 11.7 Å². The molecule has 0 amide bonds. The molecule has 5 nitrogen and oxygen atoms in total. The van der Waals surface area contributed by atoms with E-state index < -0.39 is 0 Å². The molecule has 1 unspecified atom stereocenters. The molecule has 1 saturated heterocycles. The Morgan fingerprint density at radius 2 is 2.54 bits per heavy atom. The molecule has 0 spiro atoms. The number of carbonyl (C=O) groups is 1. The first-order valence-electron chi connectivity index (χ1n) is 4.16. The minimum absolute atomic E-state index is 0.216. The highest BCUT2D eigenvalue weighted by Crippen LogP contribution is 2.23. The average Bonchev–Trinajstić information content (AvgIpc) is 2.62. The van der Waals surface area contributed by atoms with E-state index in [0.29, 0.717) is 18.7 Å². The van der Waals surface area contributed by atoms with Crippen molar-refractivity contribution in [2.75, 3.05) is 12.3 Å². The Bertz CT molecular complexity index is 345. The second-order valence-corrected chi connectivity index (χ2v) is 3.10. The van der Waals surface area contributed by atoms with E-state index in [9.17, 15) is 4.79 Å². The van der Waals surface area contributed by atoms with Gasteiger partial charge in [0.2, 0.25) is 0 Å². The number of esters is 1. The lowest BCUT2D eigenvalue weighted by molar-refractivity contribution is -0.140. The first-order valence-corrected chi connectivity index (χ1v) is 4.16. The van der Waals surface area contributed by atoms with E-state index in [2.05, 4.69) is 5.10 Å². The molecule has 5 heteroatoms. The summed E-state index contributed by atoms with van der Waals surface area (Å²) >= 11 is 0. The van der Waals surface area contributed by atoms with Crippen molar-refractivity contribution in [2.45, 2.75) is 19.4 Å². The number of nitrogens with two attached hydrogens (primary N) is 1. The lowest BCUT2D eigenvalue weighted by atomic mass is 10.2. The van der Waals surface area contributed by atoms with Crippen molar-refractivity contribution < 1.29 is 9.53 Å². The minimum Gasteiger partial charge on any atom is -0.464 e. The summed E-state index contributed by atoms with van der Waals surface area (Å²) in [6.45, 7) is 2.32. The Morgan fingerprint density at radius 3 is 3.00 bits per heavy atom. The molecule has 2 rings (SSSR count). The number of hydrogen-bond acceptors (Lipinski definition) is 4. The van der Waals surface area contributed by atoms with E-state index in [1.165, 1.54) is 0 Å². The van der Waals surface area contributed by atoms with Gasteiger partial charge in [0, 0.05) is 6.42 Å². The van der Waals surface area contributed by atoms with Gasteiger partial charge in [0.25, 0.3) is 0 Å². The van der Waals surface area contributed by atoms with Crippen LogP contribution in [0, 0.1) is 6.92 Å². The first kappa shape index (κ1) is 8.10. The maximum absolute atomic E-state index is 11.2. The van der Waals surface area contributed by atoms with Gasteiger partial charge in [-0.1, -0.05) is 0 Å². The van der Waals surface area contributed by atoms with Gasteiger partial charge in [-0.25, -0.2) is 4.79 Å². The van der Waals surface area contributed by atoms with E-state index in [4.69, 9.17) is 10.5 Å². The highest BCUT2D eigenvalue weighted by molar-refractivity contribution is 5.76. The van der Waals surface area contributed by atoms with Gasteiger partial charge in [-0.05, 0) is 6.92 Å². The first-order chi connectivity index (χ1) is 6.20. The summed E-state index contributed by atoms with van der Waals surface area (Å²) < 4.78 is 6.47. The summed E-state index contributed by atoms with van der Waals surface area (Å²) in [4.78, 5) is 11.2. The third-order valence-corrected chi connectivity index (χ3v) is 2.29. The second kappa shape index (κ2) is 2.76. The molecule has 1 aromatic rings. The standard InChI is InChI=1S/C8H11N3O2/c1-5-6(9)4-10-11(5)7-2-3-13-8(7)12/h4,7H,2-3,9H2,1H3. The minimum atomic E-state index is -0.280. The maximum Gasteiger partial charge on any atom is 0.331 e. The van der Waals surface area contributed by atoms with E-state index in [1.54, 1.807) is 10.9 Å². The molecule has 13 heavy (non-hydrogen) atoms. The molecule has 0 saturated carbocycles. The molecule has 1 aromatic heterocycles. The molecular formula is C8H11N3O2. The monoisotopic (exact) mass is 181 g/mol. The van der Waals surface area contributed by atoms with Crippen LogP contribution in [0.5, 0.6) is 0 Å². The van der Waals surface area contributed by atoms with Gasteiger partial charge in [0.15, 0.2) is 6.04 Å². The Balaban J connectivity index is 2.34. The number of aromatic nitrogens is 2. The van der Waals surface area contributed by atoms with Gasteiger partial charge < -0.3 is 10.5 Å². The van der Waals surface area contributed by atoms with Gasteiger partial charge >= 0.3 is 5.97 Å². The summed E-state index contributed by atoms with van der Waals surface area (Å²) in [7, 11) is 0. The Hall–Kier alpha value is -1.52. The Kier molecular flexibility index (Phi) is 1.72. The summed E-state index contributed by atoms with van der Waals surface area (Å²) in [5, 5.41) is 4.04. The third-order valence-electron chi connectivity index (χ3n) is 2.29. The van der Waals surface area contributed by atoms with E-state index >= 15 is 0 Å². The fraction of sp³-hybridized carbons (Fsp3) is 0.500. The van der Waals surface area contributed by atoms with Crippen LogP contribution in [0.4, 0.5) is 5.69 Å². The van der Waals surface area contributed by atoms with Crippen LogP contribution in [0.15, 0.2) is 6.20 Å². The van der Waals surface area contributed by atoms with Crippen LogP contribution in [-0.2, 0) is 9.53 Å². The lowest BCUT2D eigenvalue weighted by Crippen LogP contribution is -2.16. The molecule has 1 fully saturated rings. The molecular weight excluding hydrogens is 170 g/mol. The van der Waals surface area contributed by atoms with Gasteiger partial charge in [0.05, 0.1) is 24.2 Å². The molecule has 2 heterocycles. The van der Waals surface area contributed by atoms with Crippen LogP contribution in [0.1, 0.15) is 18.2 Å². The number of rotatable bonds is 1. The summed E-state index contributed by atoms with van der Waals surface area (Å²) in [6, 6.07) is -0.280. The quantitative estimate of drug-likeness (QED) is 0.631. The molecule has 1 aliphatic heterocycles. The Labute approximate surface area is 75.5 Å². The SMILES string of the molecule is Cc1c(N)cnn1C1CCOC1=O. The maximum atomic E-state index is 11.2. The summed E-state index contributed by atoms with van der Waals surface area (Å²) in [5.74, 6) is -0.216. The zero-order valence-electron chi connectivity index (χ0n) is 7.36. The lowest BCUT2D eigenvalue weighted by Gasteiger charge is -2.08. The van der Waals surface area contributed by atoms with Crippen molar-refractivity contribution in [2.24, 2.45) is 0 Å². The molecule has 0 bridgehead atoms.